The minimum Gasteiger partial charge on any atom is -0.348 e. The molecule has 0 aliphatic carbocycles. The van der Waals surface area contributed by atoms with E-state index in [4.69, 9.17) is 14.7 Å². The van der Waals surface area contributed by atoms with E-state index in [1.165, 1.54) is 0 Å². The Bertz CT molecular complexity index is 561. The molecular formula is C16H19N3O3. The lowest BCUT2D eigenvalue weighted by molar-refractivity contribution is -0.0973. The maximum absolute atomic E-state index is 12.5. The van der Waals surface area contributed by atoms with Crippen LogP contribution in [0.25, 0.3) is 0 Å². The van der Waals surface area contributed by atoms with Crippen molar-refractivity contribution in [2.24, 2.45) is 0 Å². The highest BCUT2D eigenvalue weighted by atomic mass is 16.7. The molecule has 1 atom stereocenters. The summed E-state index contributed by atoms with van der Waals surface area (Å²) in [7, 11) is 0. The SMILES string of the molecule is N#Cc1ccc(NC(=O)N2CCCC[C@H]2C2OCCO2)cc1. The molecule has 2 aliphatic heterocycles. The van der Waals surface area contributed by atoms with Crippen molar-refractivity contribution in [2.75, 3.05) is 25.1 Å². The Morgan fingerprint density at radius 1 is 1.23 bits per heavy atom. The van der Waals surface area contributed by atoms with Gasteiger partial charge in [0.15, 0.2) is 6.29 Å². The van der Waals surface area contributed by atoms with Gasteiger partial charge in [0.25, 0.3) is 0 Å². The van der Waals surface area contributed by atoms with E-state index in [0.29, 0.717) is 31.0 Å². The van der Waals surface area contributed by atoms with E-state index < -0.39 is 0 Å². The van der Waals surface area contributed by atoms with E-state index in [0.717, 1.165) is 19.3 Å². The number of nitrogens with zero attached hydrogens (tertiary/aromatic N) is 2. The van der Waals surface area contributed by atoms with E-state index in [-0.39, 0.29) is 18.4 Å². The fourth-order valence-electron chi connectivity index (χ4n) is 2.91. The smallest absolute Gasteiger partial charge is 0.322 e. The number of hydrogen-bond acceptors (Lipinski definition) is 4. The summed E-state index contributed by atoms with van der Waals surface area (Å²) in [6, 6.07) is 8.72. The third-order valence-electron chi connectivity index (χ3n) is 4.04. The first-order valence-corrected chi connectivity index (χ1v) is 7.59. The van der Waals surface area contributed by atoms with Crippen molar-refractivity contribution in [3.63, 3.8) is 0 Å². The van der Waals surface area contributed by atoms with Crippen molar-refractivity contribution in [3.8, 4) is 6.07 Å². The highest BCUT2D eigenvalue weighted by Crippen LogP contribution is 2.25. The Labute approximate surface area is 129 Å². The van der Waals surface area contributed by atoms with Gasteiger partial charge in [0.05, 0.1) is 30.9 Å². The summed E-state index contributed by atoms with van der Waals surface area (Å²) in [5.74, 6) is 0. The molecule has 6 nitrogen and oxygen atoms in total. The second kappa shape index (κ2) is 6.77. The third-order valence-corrected chi connectivity index (χ3v) is 4.04. The minimum atomic E-state index is -0.313. The van der Waals surface area contributed by atoms with Crippen LogP contribution in [-0.2, 0) is 9.47 Å². The third kappa shape index (κ3) is 3.21. The highest BCUT2D eigenvalue weighted by Gasteiger charge is 2.36. The van der Waals surface area contributed by atoms with Gasteiger partial charge in [0.2, 0.25) is 0 Å². The first kappa shape index (κ1) is 14.8. The lowest BCUT2D eigenvalue weighted by Crippen LogP contribution is -2.51. The van der Waals surface area contributed by atoms with Crippen molar-refractivity contribution in [1.29, 1.82) is 5.26 Å². The van der Waals surface area contributed by atoms with Crippen LogP contribution in [-0.4, -0.2) is 43.0 Å². The molecule has 3 rings (SSSR count). The predicted octanol–water partition coefficient (Wildman–Crippen LogP) is 2.32. The number of carbonyl (C=O) groups is 1. The Kier molecular flexibility index (Phi) is 4.56. The maximum atomic E-state index is 12.5. The van der Waals surface area contributed by atoms with E-state index >= 15 is 0 Å². The molecule has 0 unspecified atom stereocenters. The molecule has 0 saturated carbocycles. The van der Waals surface area contributed by atoms with Crippen LogP contribution >= 0.6 is 0 Å². The van der Waals surface area contributed by atoms with Crippen LogP contribution in [0.3, 0.4) is 0 Å². The molecule has 22 heavy (non-hydrogen) atoms. The number of benzene rings is 1. The average Bonchev–Trinajstić information content (AvgIpc) is 3.10. The maximum Gasteiger partial charge on any atom is 0.322 e. The summed E-state index contributed by atoms with van der Waals surface area (Å²) >= 11 is 0. The fourth-order valence-corrected chi connectivity index (χ4v) is 2.91. The first-order chi connectivity index (χ1) is 10.8. The zero-order valence-electron chi connectivity index (χ0n) is 12.3. The summed E-state index contributed by atoms with van der Waals surface area (Å²) in [6.07, 6.45) is 2.65. The summed E-state index contributed by atoms with van der Waals surface area (Å²) in [6.45, 7) is 1.88. The van der Waals surface area contributed by atoms with Crippen molar-refractivity contribution in [1.82, 2.24) is 4.90 Å². The number of piperidine rings is 1. The molecule has 2 aliphatic rings. The lowest BCUT2D eigenvalue weighted by Gasteiger charge is -2.37. The van der Waals surface area contributed by atoms with Gasteiger partial charge in [-0.15, -0.1) is 0 Å². The number of amides is 2. The number of hydrogen-bond donors (Lipinski definition) is 1. The molecule has 0 spiro atoms. The van der Waals surface area contributed by atoms with Crippen molar-refractivity contribution >= 4 is 11.7 Å². The zero-order valence-corrected chi connectivity index (χ0v) is 12.3. The van der Waals surface area contributed by atoms with Gasteiger partial charge in [-0.3, -0.25) is 0 Å². The van der Waals surface area contributed by atoms with Gasteiger partial charge >= 0.3 is 6.03 Å². The summed E-state index contributed by atoms with van der Waals surface area (Å²) in [5.41, 5.74) is 1.25. The molecule has 0 aromatic heterocycles. The molecule has 1 aromatic rings. The van der Waals surface area contributed by atoms with Gasteiger partial charge in [-0.1, -0.05) is 0 Å². The second-order valence-corrected chi connectivity index (χ2v) is 5.49. The van der Waals surface area contributed by atoms with Gasteiger partial charge < -0.3 is 19.7 Å². The van der Waals surface area contributed by atoms with Crippen LogP contribution in [0.2, 0.25) is 0 Å². The molecule has 2 amide bonds. The Hall–Kier alpha value is -2.10. The van der Waals surface area contributed by atoms with Crippen molar-refractivity contribution in [3.05, 3.63) is 29.8 Å². The van der Waals surface area contributed by atoms with Gasteiger partial charge in [0, 0.05) is 12.2 Å². The Balaban J connectivity index is 1.67. The highest BCUT2D eigenvalue weighted by molar-refractivity contribution is 5.89. The van der Waals surface area contributed by atoms with Crippen LogP contribution < -0.4 is 5.32 Å². The van der Waals surface area contributed by atoms with Gasteiger partial charge in [-0.05, 0) is 43.5 Å². The van der Waals surface area contributed by atoms with Gasteiger partial charge in [0.1, 0.15) is 0 Å². The largest absolute Gasteiger partial charge is 0.348 e. The standard InChI is InChI=1S/C16H19N3O3/c17-11-12-4-6-13(7-5-12)18-16(20)19-8-2-1-3-14(19)15-21-9-10-22-15/h4-7,14-15H,1-3,8-10H2,(H,18,20)/t14-/m0/s1. The molecular weight excluding hydrogens is 282 g/mol. The van der Waals surface area contributed by atoms with Crippen LogP contribution in [0, 0.1) is 11.3 Å². The van der Waals surface area contributed by atoms with Crippen LogP contribution in [0.1, 0.15) is 24.8 Å². The zero-order chi connectivity index (χ0) is 15.4. The summed E-state index contributed by atoms with van der Waals surface area (Å²) in [4.78, 5) is 14.3. The molecule has 6 heteroatoms. The Morgan fingerprint density at radius 2 is 1.95 bits per heavy atom. The number of ether oxygens (including phenoxy) is 2. The number of rotatable bonds is 2. The minimum absolute atomic E-state index is 0.0327. The number of urea groups is 1. The monoisotopic (exact) mass is 301 g/mol. The molecule has 1 aromatic carbocycles. The number of nitriles is 1. The second-order valence-electron chi connectivity index (χ2n) is 5.49. The van der Waals surface area contributed by atoms with Gasteiger partial charge in [-0.25, -0.2) is 4.79 Å². The molecule has 2 heterocycles. The number of nitrogens with one attached hydrogen (secondary N) is 1. The molecule has 0 bridgehead atoms. The van der Waals surface area contributed by atoms with E-state index in [1.807, 2.05) is 0 Å². The molecule has 2 fully saturated rings. The molecule has 116 valence electrons. The Morgan fingerprint density at radius 3 is 2.64 bits per heavy atom. The fraction of sp³-hybridized carbons (Fsp3) is 0.500. The normalized spacial score (nSPS) is 22.3. The lowest BCUT2D eigenvalue weighted by atomic mass is 10.0. The van der Waals surface area contributed by atoms with Gasteiger partial charge in [-0.2, -0.15) is 5.26 Å². The summed E-state index contributed by atoms with van der Waals surface area (Å²) in [5, 5.41) is 11.7. The summed E-state index contributed by atoms with van der Waals surface area (Å²) < 4.78 is 11.1. The van der Waals surface area contributed by atoms with Crippen molar-refractivity contribution in [2.45, 2.75) is 31.6 Å². The van der Waals surface area contributed by atoms with Crippen molar-refractivity contribution < 1.29 is 14.3 Å². The van der Waals surface area contributed by atoms with E-state index in [1.54, 1.807) is 29.2 Å². The molecule has 1 N–H and O–H groups in total. The van der Waals surface area contributed by atoms with E-state index in [2.05, 4.69) is 11.4 Å². The topological polar surface area (TPSA) is 74.6 Å². The number of anilines is 1. The van der Waals surface area contributed by atoms with Crippen LogP contribution in [0.5, 0.6) is 0 Å². The predicted molar refractivity (Wildman–Crippen MR) is 80.2 cm³/mol. The quantitative estimate of drug-likeness (QED) is 0.909. The number of carbonyl (C=O) groups excluding carboxylic acids is 1. The molecule has 0 radical (unpaired) electrons. The first-order valence-electron chi connectivity index (χ1n) is 7.59. The average molecular weight is 301 g/mol. The number of likely N-dealkylation sites (tertiary alicyclic amines) is 1. The van der Waals surface area contributed by atoms with Crippen LogP contribution in [0.15, 0.2) is 24.3 Å². The van der Waals surface area contributed by atoms with Crippen LogP contribution in [0.4, 0.5) is 10.5 Å². The molecule has 2 saturated heterocycles. The van der Waals surface area contributed by atoms with E-state index in [9.17, 15) is 4.79 Å².